The van der Waals surface area contributed by atoms with Gasteiger partial charge in [-0.05, 0) is 43.2 Å². The zero-order valence-electron chi connectivity index (χ0n) is 15.6. The lowest BCUT2D eigenvalue weighted by molar-refractivity contribution is -0.133. The van der Waals surface area contributed by atoms with Crippen molar-refractivity contribution in [3.8, 4) is 5.75 Å². The molecule has 148 valence electrons. The van der Waals surface area contributed by atoms with Gasteiger partial charge in [0.05, 0.1) is 18.6 Å². The maximum absolute atomic E-state index is 12.7. The smallest absolute Gasteiger partial charge is 0.308 e. The van der Waals surface area contributed by atoms with Gasteiger partial charge in [0.1, 0.15) is 11.5 Å². The normalized spacial score (nSPS) is 11.6. The van der Waals surface area contributed by atoms with Crippen LogP contribution in [0.15, 0.2) is 41.0 Å². The molecule has 2 aromatic rings. The van der Waals surface area contributed by atoms with Crippen molar-refractivity contribution in [1.29, 1.82) is 0 Å². The molecule has 1 heterocycles. The van der Waals surface area contributed by atoms with Crippen LogP contribution in [0.1, 0.15) is 38.5 Å². The van der Waals surface area contributed by atoms with Crippen LogP contribution in [0.4, 0.5) is 0 Å². The molecule has 1 aromatic heterocycles. The van der Waals surface area contributed by atoms with E-state index < -0.39 is 10.1 Å². The fourth-order valence-electron chi connectivity index (χ4n) is 2.46. The van der Waals surface area contributed by atoms with E-state index in [2.05, 4.69) is 0 Å². The van der Waals surface area contributed by atoms with E-state index in [0.717, 1.165) is 0 Å². The van der Waals surface area contributed by atoms with Gasteiger partial charge in [0.15, 0.2) is 0 Å². The third kappa shape index (κ3) is 6.59. The second-order valence-electron chi connectivity index (χ2n) is 6.61. The first-order valence-electron chi connectivity index (χ1n) is 8.71. The van der Waals surface area contributed by atoms with Crippen LogP contribution in [0, 0.1) is 5.92 Å². The van der Waals surface area contributed by atoms with Gasteiger partial charge in [0.2, 0.25) is 5.91 Å². The van der Waals surface area contributed by atoms with Gasteiger partial charge in [-0.3, -0.25) is 4.79 Å². The van der Waals surface area contributed by atoms with Gasteiger partial charge in [-0.1, -0.05) is 25.4 Å². The van der Waals surface area contributed by atoms with E-state index in [4.69, 9.17) is 20.2 Å². The molecule has 0 bridgehead atoms. The van der Waals surface area contributed by atoms with Crippen LogP contribution in [-0.2, 0) is 28.0 Å². The summed E-state index contributed by atoms with van der Waals surface area (Å²) in [6, 6.07) is 8.20. The number of nitrogens with zero attached hydrogens (tertiary/aromatic N) is 1. The number of benzene rings is 1. The van der Waals surface area contributed by atoms with Crippen molar-refractivity contribution in [2.45, 2.75) is 40.3 Å². The van der Waals surface area contributed by atoms with E-state index >= 15 is 0 Å². The second-order valence-corrected chi connectivity index (χ2v) is 8.90. The zero-order valence-corrected chi connectivity index (χ0v) is 17.2. The Morgan fingerprint density at radius 1 is 1.26 bits per heavy atom. The summed E-state index contributed by atoms with van der Waals surface area (Å²) < 4.78 is 34.3. The fourth-order valence-corrected chi connectivity index (χ4v) is 3.20. The molecule has 0 fully saturated rings. The molecule has 0 N–H and O–H groups in total. The molecule has 8 heteroatoms. The number of furan rings is 1. The van der Waals surface area contributed by atoms with Crippen molar-refractivity contribution in [2.24, 2.45) is 5.92 Å². The van der Waals surface area contributed by atoms with E-state index in [1.54, 1.807) is 35.4 Å². The Labute approximate surface area is 165 Å². The minimum Gasteiger partial charge on any atom is -0.467 e. The van der Waals surface area contributed by atoms with E-state index in [1.165, 1.54) is 13.0 Å². The Bertz CT molecular complexity index is 862. The minimum atomic E-state index is -3.70. The average molecular weight is 414 g/mol. The van der Waals surface area contributed by atoms with Crippen LogP contribution in [0.3, 0.4) is 0 Å². The van der Waals surface area contributed by atoms with Crippen LogP contribution in [0.2, 0.25) is 5.02 Å². The number of carbonyl (C=O) groups is 1. The second kappa shape index (κ2) is 9.28. The minimum absolute atomic E-state index is 0.0642. The largest absolute Gasteiger partial charge is 0.467 e. The van der Waals surface area contributed by atoms with Crippen LogP contribution >= 0.6 is 11.6 Å². The molecule has 1 amide bonds. The molecular formula is C19H24ClNO5S. The molecule has 0 aliphatic carbocycles. The first kappa shape index (κ1) is 21.3. The highest BCUT2D eigenvalue weighted by atomic mass is 35.5. The molecule has 0 spiro atoms. The monoisotopic (exact) mass is 413 g/mol. The van der Waals surface area contributed by atoms with Crippen molar-refractivity contribution in [3.63, 3.8) is 0 Å². The Balaban J connectivity index is 2.32. The molecule has 0 radical (unpaired) electrons. The fraction of sp³-hybridized carbons (Fsp3) is 0.421. The third-order valence-corrected chi connectivity index (χ3v) is 5.19. The lowest BCUT2D eigenvalue weighted by Crippen LogP contribution is -2.31. The number of carbonyl (C=O) groups excluding carboxylic acids is 1. The average Bonchev–Trinajstić information content (AvgIpc) is 3.09. The van der Waals surface area contributed by atoms with Crippen molar-refractivity contribution in [2.75, 3.05) is 5.75 Å². The summed E-state index contributed by atoms with van der Waals surface area (Å²) in [6.07, 6.45) is 1.91. The van der Waals surface area contributed by atoms with E-state index in [1.807, 2.05) is 13.8 Å². The molecule has 2 rings (SSSR count). The van der Waals surface area contributed by atoms with Gasteiger partial charge < -0.3 is 13.5 Å². The standard InChI is InChI=1S/C19H24ClNO5S/c1-4-27(23,24)26-18-8-7-16(20)11-15(18)12-21(19(22)10-14(2)3)13-17-6-5-9-25-17/h5-9,11,14H,4,10,12-13H2,1-3H3. The topological polar surface area (TPSA) is 76.8 Å². The molecule has 27 heavy (non-hydrogen) atoms. The Morgan fingerprint density at radius 2 is 2.00 bits per heavy atom. The molecule has 0 saturated carbocycles. The molecule has 0 saturated heterocycles. The molecule has 6 nitrogen and oxygen atoms in total. The molecule has 1 aromatic carbocycles. The molecule has 0 atom stereocenters. The van der Waals surface area contributed by atoms with Gasteiger partial charge in [-0.15, -0.1) is 0 Å². The first-order chi connectivity index (χ1) is 12.7. The highest BCUT2D eigenvalue weighted by Crippen LogP contribution is 2.27. The van der Waals surface area contributed by atoms with E-state index in [-0.39, 0.29) is 36.4 Å². The lowest BCUT2D eigenvalue weighted by atomic mass is 10.1. The van der Waals surface area contributed by atoms with E-state index in [9.17, 15) is 13.2 Å². The number of hydrogen-bond acceptors (Lipinski definition) is 5. The number of amides is 1. The van der Waals surface area contributed by atoms with Gasteiger partial charge >= 0.3 is 10.1 Å². The summed E-state index contributed by atoms with van der Waals surface area (Å²) in [6.45, 7) is 5.85. The molecule has 0 aliphatic rings. The van der Waals surface area contributed by atoms with Crippen LogP contribution in [0.25, 0.3) is 0 Å². The maximum atomic E-state index is 12.7. The van der Waals surface area contributed by atoms with Crippen LogP contribution in [-0.4, -0.2) is 25.0 Å². The molecule has 0 aliphatic heterocycles. The molecular weight excluding hydrogens is 390 g/mol. The van der Waals surface area contributed by atoms with Gasteiger partial charge in [0.25, 0.3) is 0 Å². The summed E-state index contributed by atoms with van der Waals surface area (Å²) in [5, 5.41) is 0.431. The number of hydrogen-bond donors (Lipinski definition) is 0. The summed E-state index contributed by atoms with van der Waals surface area (Å²) in [5.41, 5.74) is 0.517. The zero-order chi connectivity index (χ0) is 20.0. The summed E-state index contributed by atoms with van der Waals surface area (Å²) in [5.74, 6) is 0.774. The van der Waals surface area contributed by atoms with Crippen molar-refractivity contribution >= 4 is 27.6 Å². The van der Waals surface area contributed by atoms with Crippen molar-refractivity contribution < 1.29 is 21.8 Å². The summed E-state index contributed by atoms with van der Waals surface area (Å²) in [4.78, 5) is 14.3. The van der Waals surface area contributed by atoms with Crippen LogP contribution in [0.5, 0.6) is 5.75 Å². The lowest BCUT2D eigenvalue weighted by Gasteiger charge is -2.24. The highest BCUT2D eigenvalue weighted by molar-refractivity contribution is 7.87. The van der Waals surface area contributed by atoms with Gasteiger partial charge in [0, 0.05) is 23.6 Å². The Hall–Kier alpha value is -1.99. The number of rotatable bonds is 9. The summed E-state index contributed by atoms with van der Waals surface area (Å²) >= 11 is 6.09. The molecule has 0 unspecified atom stereocenters. The summed E-state index contributed by atoms with van der Waals surface area (Å²) in [7, 11) is -3.70. The predicted octanol–water partition coefficient (Wildman–Crippen LogP) is 4.24. The Kier molecular flexibility index (Phi) is 7.33. The van der Waals surface area contributed by atoms with Crippen molar-refractivity contribution in [3.05, 3.63) is 52.9 Å². The first-order valence-corrected chi connectivity index (χ1v) is 10.7. The highest BCUT2D eigenvalue weighted by Gasteiger charge is 2.21. The Morgan fingerprint density at radius 3 is 2.59 bits per heavy atom. The van der Waals surface area contributed by atoms with Crippen molar-refractivity contribution in [1.82, 2.24) is 4.90 Å². The van der Waals surface area contributed by atoms with E-state index in [0.29, 0.717) is 22.8 Å². The number of halogens is 1. The quantitative estimate of drug-likeness (QED) is 0.574. The SMILES string of the molecule is CCS(=O)(=O)Oc1ccc(Cl)cc1CN(Cc1ccco1)C(=O)CC(C)C. The van der Waals surface area contributed by atoms with Gasteiger partial charge in [-0.25, -0.2) is 0 Å². The third-order valence-electron chi connectivity index (χ3n) is 3.82. The van der Waals surface area contributed by atoms with Crippen LogP contribution < -0.4 is 4.18 Å². The maximum Gasteiger partial charge on any atom is 0.308 e. The van der Waals surface area contributed by atoms with Gasteiger partial charge in [-0.2, -0.15) is 8.42 Å². The predicted molar refractivity (Wildman–Crippen MR) is 104 cm³/mol.